The summed E-state index contributed by atoms with van der Waals surface area (Å²) in [6.45, 7) is 0.457. The molecule has 222 valence electrons. The molecule has 0 bridgehead atoms. The van der Waals surface area contributed by atoms with Crippen LogP contribution in [0.1, 0.15) is 44.5 Å². The SMILES string of the molecule is COC(=O)c1cccc(N(C(=O)CNC(=O)c2cccs2)[C@@H](C(=O)NC[C@H]2CCCO2)c2ccc(OC)c(OC)c2)c1. The van der Waals surface area contributed by atoms with Gasteiger partial charge in [-0.25, -0.2) is 4.79 Å². The quantitative estimate of drug-likeness (QED) is 0.305. The van der Waals surface area contributed by atoms with Gasteiger partial charge >= 0.3 is 5.97 Å². The number of hydrogen-bond acceptors (Lipinski definition) is 9. The van der Waals surface area contributed by atoms with Gasteiger partial charge < -0.3 is 29.6 Å². The fourth-order valence-electron chi connectivity index (χ4n) is 4.63. The van der Waals surface area contributed by atoms with E-state index in [4.69, 9.17) is 18.9 Å². The van der Waals surface area contributed by atoms with E-state index in [0.717, 1.165) is 12.8 Å². The number of thiophene rings is 1. The highest BCUT2D eigenvalue weighted by atomic mass is 32.1. The summed E-state index contributed by atoms with van der Waals surface area (Å²) in [5.74, 6) is -1.32. The van der Waals surface area contributed by atoms with Gasteiger partial charge in [0.1, 0.15) is 6.04 Å². The topological polar surface area (TPSA) is 132 Å². The van der Waals surface area contributed by atoms with Crippen LogP contribution in [0, 0.1) is 0 Å². The van der Waals surface area contributed by atoms with Crippen molar-refractivity contribution in [3.63, 3.8) is 0 Å². The molecule has 1 aromatic heterocycles. The molecule has 12 heteroatoms. The van der Waals surface area contributed by atoms with Crippen LogP contribution < -0.4 is 25.0 Å². The zero-order chi connectivity index (χ0) is 30.1. The van der Waals surface area contributed by atoms with Crippen molar-refractivity contribution in [3.05, 3.63) is 76.0 Å². The minimum Gasteiger partial charge on any atom is -0.493 e. The Bertz CT molecular complexity index is 1410. The van der Waals surface area contributed by atoms with Crippen LogP contribution in [0.15, 0.2) is 60.0 Å². The van der Waals surface area contributed by atoms with Crippen molar-refractivity contribution in [2.75, 3.05) is 45.9 Å². The summed E-state index contributed by atoms with van der Waals surface area (Å²) in [5, 5.41) is 7.32. The number of esters is 1. The van der Waals surface area contributed by atoms with Crippen LogP contribution in [0.25, 0.3) is 0 Å². The molecule has 1 aliphatic heterocycles. The molecule has 42 heavy (non-hydrogen) atoms. The summed E-state index contributed by atoms with van der Waals surface area (Å²) in [5.41, 5.74) is 0.848. The van der Waals surface area contributed by atoms with Gasteiger partial charge in [-0.2, -0.15) is 0 Å². The molecule has 0 unspecified atom stereocenters. The molecule has 1 aliphatic rings. The maximum absolute atomic E-state index is 14.0. The Morgan fingerprint density at radius 1 is 1.00 bits per heavy atom. The molecule has 1 saturated heterocycles. The lowest BCUT2D eigenvalue weighted by atomic mass is 10.0. The first-order valence-corrected chi connectivity index (χ1v) is 14.2. The predicted octanol–water partition coefficient (Wildman–Crippen LogP) is 3.35. The van der Waals surface area contributed by atoms with E-state index in [0.29, 0.717) is 28.5 Å². The fourth-order valence-corrected chi connectivity index (χ4v) is 5.27. The number of nitrogens with one attached hydrogen (secondary N) is 2. The second kappa shape index (κ2) is 14.5. The normalized spacial score (nSPS) is 14.9. The van der Waals surface area contributed by atoms with E-state index in [1.54, 1.807) is 53.9 Å². The third-order valence-electron chi connectivity index (χ3n) is 6.72. The molecular weight excluding hydrogens is 562 g/mol. The maximum atomic E-state index is 14.0. The molecule has 3 amide bonds. The number of carbonyl (C=O) groups excluding carboxylic acids is 4. The van der Waals surface area contributed by atoms with Crippen LogP contribution in [-0.4, -0.2) is 70.8 Å². The van der Waals surface area contributed by atoms with Crippen molar-refractivity contribution < 1.29 is 38.1 Å². The molecule has 0 aliphatic carbocycles. The van der Waals surface area contributed by atoms with E-state index in [1.807, 2.05) is 0 Å². The summed E-state index contributed by atoms with van der Waals surface area (Å²) in [6.07, 6.45) is 1.56. The van der Waals surface area contributed by atoms with Crippen LogP contribution in [0.2, 0.25) is 0 Å². The number of benzene rings is 2. The summed E-state index contributed by atoms with van der Waals surface area (Å²) in [6, 6.07) is 13.3. The second-order valence-electron chi connectivity index (χ2n) is 9.36. The van der Waals surface area contributed by atoms with Gasteiger partial charge in [0.15, 0.2) is 11.5 Å². The van der Waals surface area contributed by atoms with Gasteiger partial charge in [0.2, 0.25) is 11.8 Å². The average Bonchev–Trinajstić information content (AvgIpc) is 3.75. The highest BCUT2D eigenvalue weighted by Crippen LogP contribution is 2.35. The molecule has 1 fully saturated rings. The minimum atomic E-state index is -1.22. The highest BCUT2D eigenvalue weighted by Gasteiger charge is 2.34. The number of ether oxygens (including phenoxy) is 4. The Labute approximate surface area is 247 Å². The van der Waals surface area contributed by atoms with Crippen molar-refractivity contribution in [3.8, 4) is 11.5 Å². The molecule has 0 radical (unpaired) electrons. The minimum absolute atomic E-state index is 0.142. The van der Waals surface area contributed by atoms with Crippen LogP contribution in [0.5, 0.6) is 11.5 Å². The van der Waals surface area contributed by atoms with E-state index < -0.39 is 36.3 Å². The van der Waals surface area contributed by atoms with Gasteiger partial charge in [-0.05, 0) is 60.2 Å². The first kappa shape index (κ1) is 30.5. The van der Waals surface area contributed by atoms with E-state index >= 15 is 0 Å². The third kappa shape index (κ3) is 7.25. The van der Waals surface area contributed by atoms with Gasteiger partial charge in [0.05, 0.1) is 44.4 Å². The van der Waals surface area contributed by atoms with Gasteiger partial charge in [-0.3, -0.25) is 19.3 Å². The van der Waals surface area contributed by atoms with Crippen LogP contribution in [-0.2, 0) is 19.1 Å². The number of hydrogen-bond donors (Lipinski definition) is 2. The Balaban J connectivity index is 1.76. The molecule has 0 saturated carbocycles. The van der Waals surface area contributed by atoms with Crippen LogP contribution >= 0.6 is 11.3 Å². The number of anilines is 1. The first-order chi connectivity index (χ1) is 20.4. The Kier molecular flexibility index (Phi) is 10.5. The lowest BCUT2D eigenvalue weighted by molar-refractivity contribution is -0.126. The summed E-state index contributed by atoms with van der Waals surface area (Å²) in [7, 11) is 4.22. The van der Waals surface area contributed by atoms with Crippen molar-refractivity contribution in [2.24, 2.45) is 0 Å². The third-order valence-corrected chi connectivity index (χ3v) is 7.59. The first-order valence-electron chi connectivity index (χ1n) is 13.3. The lowest BCUT2D eigenvalue weighted by Gasteiger charge is -2.32. The molecule has 4 rings (SSSR count). The van der Waals surface area contributed by atoms with E-state index in [9.17, 15) is 19.2 Å². The molecule has 2 N–H and O–H groups in total. The molecule has 11 nitrogen and oxygen atoms in total. The molecular formula is C30H33N3O8S. The number of amides is 3. The van der Waals surface area contributed by atoms with E-state index in [2.05, 4.69) is 10.6 Å². The smallest absolute Gasteiger partial charge is 0.337 e. The van der Waals surface area contributed by atoms with E-state index in [-0.39, 0.29) is 23.9 Å². The number of nitrogens with zero attached hydrogens (tertiary/aromatic N) is 1. The van der Waals surface area contributed by atoms with Crippen molar-refractivity contribution in [1.29, 1.82) is 0 Å². The highest BCUT2D eigenvalue weighted by molar-refractivity contribution is 7.12. The fraction of sp³-hybridized carbons (Fsp3) is 0.333. The number of methoxy groups -OCH3 is 3. The van der Waals surface area contributed by atoms with Crippen molar-refractivity contribution >= 4 is 40.7 Å². The summed E-state index contributed by atoms with van der Waals surface area (Å²) in [4.78, 5) is 54.7. The monoisotopic (exact) mass is 595 g/mol. The zero-order valence-corrected chi connectivity index (χ0v) is 24.4. The largest absolute Gasteiger partial charge is 0.493 e. The molecule has 2 atom stereocenters. The number of rotatable bonds is 12. The van der Waals surface area contributed by atoms with Gasteiger partial charge in [0, 0.05) is 18.8 Å². The van der Waals surface area contributed by atoms with Gasteiger partial charge in [0.25, 0.3) is 5.91 Å². The predicted molar refractivity (Wildman–Crippen MR) is 156 cm³/mol. The summed E-state index contributed by atoms with van der Waals surface area (Å²) < 4.78 is 21.4. The van der Waals surface area contributed by atoms with Crippen LogP contribution in [0.4, 0.5) is 5.69 Å². The average molecular weight is 596 g/mol. The Hall–Kier alpha value is -4.42. The van der Waals surface area contributed by atoms with Gasteiger partial charge in [-0.15, -0.1) is 11.3 Å². The maximum Gasteiger partial charge on any atom is 0.337 e. The number of carbonyl (C=O) groups is 4. The summed E-state index contributed by atoms with van der Waals surface area (Å²) >= 11 is 1.24. The van der Waals surface area contributed by atoms with Crippen LogP contribution in [0.3, 0.4) is 0 Å². The molecule has 3 aromatic rings. The molecule has 0 spiro atoms. The zero-order valence-electron chi connectivity index (χ0n) is 23.6. The van der Waals surface area contributed by atoms with Gasteiger partial charge in [-0.1, -0.05) is 18.2 Å². The lowest BCUT2D eigenvalue weighted by Crippen LogP contribution is -2.48. The molecule has 2 aromatic carbocycles. The van der Waals surface area contributed by atoms with E-state index in [1.165, 1.54) is 43.6 Å². The Morgan fingerprint density at radius 3 is 2.48 bits per heavy atom. The van der Waals surface area contributed by atoms with Crippen molar-refractivity contribution in [1.82, 2.24) is 10.6 Å². The second-order valence-corrected chi connectivity index (χ2v) is 10.3. The van der Waals surface area contributed by atoms with Crippen molar-refractivity contribution in [2.45, 2.75) is 25.0 Å². The molecule has 2 heterocycles. The Morgan fingerprint density at radius 2 is 1.81 bits per heavy atom. The standard InChI is InChI=1S/C30H33N3O8S/c1-38-23-12-11-19(16-24(23)39-2)27(29(36)31-17-22-9-5-13-41-22)33(21-8-4-7-20(15-21)30(37)40-3)26(34)18-32-28(35)25-10-6-14-42-25/h4,6-8,10-12,14-16,22,27H,5,9,13,17-18H2,1-3H3,(H,31,36)(H,32,35)/t22-,27-/m1/s1.